The molecule has 0 aromatic carbocycles. The Bertz CT molecular complexity index is 1060. The summed E-state index contributed by atoms with van der Waals surface area (Å²) in [6.45, 7) is 33.2. The number of carbonyl (C=O) groups is 3. The summed E-state index contributed by atoms with van der Waals surface area (Å²) >= 11 is 0. The maximum atomic E-state index is 14.1. The Kier molecular flexibility index (Phi) is 19.8. The number of ketones is 1. The molecule has 11 heteroatoms. The Balaban J connectivity index is 6.55. The van der Waals surface area contributed by atoms with Crippen LogP contribution in [-0.4, -0.2) is 75.6 Å². The van der Waals surface area contributed by atoms with Crippen molar-refractivity contribution in [2.75, 3.05) is 0 Å². The molecule has 0 aliphatic heterocycles. The minimum atomic E-state index is -2.35. The fourth-order valence-corrected chi connectivity index (χ4v) is 12.3. The highest BCUT2D eigenvalue weighted by atomic mass is 28.4. The summed E-state index contributed by atoms with van der Waals surface area (Å²) in [6, 6.07) is 4.66. The molecule has 0 rings (SSSR count). The van der Waals surface area contributed by atoms with Crippen LogP contribution < -0.4 is 5.32 Å². The van der Waals surface area contributed by atoms with E-state index in [-0.39, 0.29) is 17.8 Å². The minimum absolute atomic E-state index is 0.140. The number of aliphatic hydroxyl groups excluding tert-OH is 1. The second kappa shape index (κ2) is 20.5. The molecule has 1 amide bonds. The number of Topliss-reactive ketones (excluding diaryl/α,β-unsaturated/α-hetero) is 1. The normalized spacial score (nSPS) is 16.7. The highest BCUT2D eigenvalue weighted by molar-refractivity contribution is 6.74. The summed E-state index contributed by atoms with van der Waals surface area (Å²) in [6.07, 6.45) is -3.00. The first-order chi connectivity index (χ1) is 22.5. The molecule has 0 saturated carbocycles. The molecule has 0 fully saturated rings. The second-order valence-corrected chi connectivity index (χ2v) is 25.3. The molecular weight excluding hydrogens is 655 g/mol. The van der Waals surface area contributed by atoms with Gasteiger partial charge in [-0.2, -0.15) is 0 Å². The van der Waals surface area contributed by atoms with Crippen molar-refractivity contribution in [2.45, 2.75) is 203 Å². The van der Waals surface area contributed by atoms with Crippen molar-refractivity contribution in [2.24, 2.45) is 11.3 Å². The SMILES string of the molecule is CC[C@H](O[Si](CC)(CC)CC)C(C)(C)C(=O)[C@H](O)/C(C)=C(\C)C(C)OC(=O)C(O[Si](CC)(CC)CC)[C@H](CC(C)C)NC(=O)OC(C)(C)C. The van der Waals surface area contributed by atoms with Gasteiger partial charge in [0.15, 0.2) is 28.5 Å². The summed E-state index contributed by atoms with van der Waals surface area (Å²) in [5.74, 6) is -0.763. The third kappa shape index (κ3) is 13.8. The van der Waals surface area contributed by atoms with Gasteiger partial charge in [-0.1, -0.05) is 76.2 Å². The molecule has 0 aromatic heterocycles. The summed E-state index contributed by atoms with van der Waals surface area (Å²) in [5.41, 5.74) is -0.615. The van der Waals surface area contributed by atoms with Crippen LogP contribution in [0.4, 0.5) is 4.79 Å². The molecule has 0 aliphatic carbocycles. The van der Waals surface area contributed by atoms with Gasteiger partial charge in [0.25, 0.3) is 0 Å². The predicted octanol–water partition coefficient (Wildman–Crippen LogP) is 9.34. The average molecular weight is 730 g/mol. The Labute approximate surface area is 302 Å². The maximum absolute atomic E-state index is 14.1. The number of esters is 1. The molecule has 0 saturated heterocycles. The molecule has 0 heterocycles. The number of amides is 1. The van der Waals surface area contributed by atoms with Gasteiger partial charge in [0.1, 0.15) is 17.8 Å². The lowest BCUT2D eigenvalue weighted by Gasteiger charge is -2.41. The molecule has 2 N–H and O–H groups in total. The fourth-order valence-electron chi connectivity index (χ4n) is 6.41. The number of aliphatic hydroxyl groups is 1. The van der Waals surface area contributed by atoms with Crippen LogP contribution in [0.15, 0.2) is 11.1 Å². The zero-order valence-electron chi connectivity index (χ0n) is 34.4. The number of rotatable bonds is 22. The van der Waals surface area contributed by atoms with Gasteiger partial charge in [-0.15, -0.1) is 0 Å². The molecule has 5 atom stereocenters. The van der Waals surface area contributed by atoms with Crippen molar-refractivity contribution in [3.05, 3.63) is 11.1 Å². The van der Waals surface area contributed by atoms with E-state index in [0.717, 1.165) is 36.3 Å². The van der Waals surface area contributed by atoms with Gasteiger partial charge >= 0.3 is 12.1 Å². The standard InChI is InChI=1S/C38H75NO8Si2/c1-18-31(46-48(19-2,20-3)21-4)38(16,17)34(41)32(40)28(11)27(10)29(12)44-35(42)33(47-49(22-5,23-6)24-7)30(25-26(8)9)39-36(43)45-37(13,14)15/h26,29-33,40H,18-25H2,1-17H3,(H,39,43)/b28-27+/t29?,30-,31-,32+,33?/m0/s1. The number of carbonyl (C=O) groups excluding carboxylic acids is 3. The summed E-state index contributed by atoms with van der Waals surface area (Å²) in [4.78, 5) is 41.0. The minimum Gasteiger partial charge on any atom is -0.456 e. The van der Waals surface area contributed by atoms with Crippen LogP contribution in [0.25, 0.3) is 0 Å². The lowest BCUT2D eigenvalue weighted by Crippen LogP contribution is -2.55. The molecule has 2 unspecified atom stereocenters. The van der Waals surface area contributed by atoms with Gasteiger partial charge < -0.3 is 28.7 Å². The summed E-state index contributed by atoms with van der Waals surface area (Å²) in [7, 11) is -4.35. The van der Waals surface area contributed by atoms with Gasteiger partial charge in [0, 0.05) is 0 Å². The van der Waals surface area contributed by atoms with Crippen LogP contribution in [0.3, 0.4) is 0 Å². The number of alkyl carbamates (subject to hydrolysis) is 1. The van der Waals surface area contributed by atoms with Gasteiger partial charge in [0.2, 0.25) is 0 Å². The monoisotopic (exact) mass is 730 g/mol. The third-order valence-electron chi connectivity index (χ3n) is 10.7. The predicted molar refractivity (Wildman–Crippen MR) is 206 cm³/mol. The van der Waals surface area contributed by atoms with Crippen LogP contribution in [0.2, 0.25) is 36.3 Å². The molecule has 288 valence electrons. The van der Waals surface area contributed by atoms with E-state index in [0.29, 0.717) is 24.0 Å². The van der Waals surface area contributed by atoms with Crippen molar-refractivity contribution in [1.29, 1.82) is 0 Å². The third-order valence-corrected chi connectivity index (χ3v) is 19.9. The Morgan fingerprint density at radius 1 is 0.735 bits per heavy atom. The van der Waals surface area contributed by atoms with Crippen LogP contribution in [0, 0.1) is 11.3 Å². The van der Waals surface area contributed by atoms with E-state index in [1.54, 1.807) is 41.5 Å². The molecule has 0 bridgehead atoms. The van der Waals surface area contributed by atoms with Gasteiger partial charge in [-0.05, 0) is 108 Å². The number of nitrogens with one attached hydrogen (secondary N) is 1. The zero-order valence-corrected chi connectivity index (χ0v) is 36.4. The van der Waals surface area contributed by atoms with Crippen LogP contribution in [0.1, 0.15) is 131 Å². The fraction of sp³-hybridized carbons (Fsp3) is 0.868. The molecule has 49 heavy (non-hydrogen) atoms. The largest absolute Gasteiger partial charge is 0.456 e. The van der Waals surface area contributed by atoms with Crippen LogP contribution in [-0.2, 0) is 27.9 Å². The van der Waals surface area contributed by atoms with E-state index >= 15 is 0 Å². The summed E-state index contributed by atoms with van der Waals surface area (Å²) < 4.78 is 25.2. The number of hydrogen-bond acceptors (Lipinski definition) is 8. The quantitative estimate of drug-likeness (QED) is 0.0643. The van der Waals surface area contributed by atoms with E-state index in [1.807, 2.05) is 34.6 Å². The van der Waals surface area contributed by atoms with Crippen molar-refractivity contribution in [3.63, 3.8) is 0 Å². The average Bonchev–Trinajstić information content (AvgIpc) is 3.03. The molecule has 0 aromatic rings. The first-order valence-corrected chi connectivity index (χ1v) is 24.0. The van der Waals surface area contributed by atoms with E-state index in [2.05, 4.69) is 46.9 Å². The van der Waals surface area contributed by atoms with Crippen LogP contribution >= 0.6 is 0 Å². The van der Waals surface area contributed by atoms with Crippen molar-refractivity contribution in [1.82, 2.24) is 5.32 Å². The Morgan fingerprint density at radius 2 is 1.18 bits per heavy atom. The molecule has 0 spiro atoms. The highest BCUT2D eigenvalue weighted by Crippen LogP contribution is 2.36. The van der Waals surface area contributed by atoms with E-state index in [4.69, 9.17) is 18.3 Å². The molecular formula is C38H75NO8Si2. The Morgan fingerprint density at radius 3 is 1.57 bits per heavy atom. The Hall–Kier alpha value is -1.54. The second-order valence-electron chi connectivity index (χ2n) is 15.9. The number of hydrogen-bond donors (Lipinski definition) is 2. The lowest BCUT2D eigenvalue weighted by molar-refractivity contribution is -0.157. The number of ether oxygens (including phenoxy) is 2. The van der Waals surface area contributed by atoms with E-state index in [1.165, 1.54) is 0 Å². The summed E-state index contributed by atoms with van der Waals surface area (Å²) in [5, 5.41) is 14.4. The highest BCUT2D eigenvalue weighted by Gasteiger charge is 2.45. The lowest BCUT2D eigenvalue weighted by atomic mass is 9.77. The molecule has 0 radical (unpaired) electrons. The first kappa shape index (κ1) is 47.5. The maximum Gasteiger partial charge on any atom is 0.407 e. The van der Waals surface area contributed by atoms with Crippen molar-refractivity contribution < 1.29 is 37.8 Å². The first-order valence-electron chi connectivity index (χ1n) is 18.9. The van der Waals surface area contributed by atoms with Gasteiger partial charge in [-0.3, -0.25) is 4.79 Å². The van der Waals surface area contributed by atoms with E-state index in [9.17, 15) is 19.5 Å². The zero-order chi connectivity index (χ0) is 38.5. The molecule has 0 aliphatic rings. The van der Waals surface area contributed by atoms with Crippen molar-refractivity contribution >= 4 is 34.5 Å². The van der Waals surface area contributed by atoms with Gasteiger partial charge in [-0.25, -0.2) is 9.59 Å². The molecule has 9 nitrogen and oxygen atoms in total. The van der Waals surface area contributed by atoms with Crippen LogP contribution in [0.5, 0.6) is 0 Å². The van der Waals surface area contributed by atoms with E-state index < -0.39 is 64.1 Å². The smallest absolute Gasteiger partial charge is 0.407 e. The topological polar surface area (TPSA) is 120 Å². The van der Waals surface area contributed by atoms with Gasteiger partial charge in [0.05, 0.1) is 17.6 Å². The van der Waals surface area contributed by atoms with Crippen molar-refractivity contribution in [3.8, 4) is 0 Å².